The number of amides is 2. The number of rotatable bonds is 6. The monoisotopic (exact) mass is 326 g/mol. The highest BCUT2D eigenvalue weighted by Crippen LogP contribution is 2.18. The van der Waals surface area contributed by atoms with Gasteiger partial charge in [-0.2, -0.15) is 0 Å². The van der Waals surface area contributed by atoms with Gasteiger partial charge in [0.25, 0.3) is 11.8 Å². The summed E-state index contributed by atoms with van der Waals surface area (Å²) >= 11 is 0. The summed E-state index contributed by atoms with van der Waals surface area (Å²) in [6.45, 7) is 4.18. The van der Waals surface area contributed by atoms with Crippen LogP contribution in [0.15, 0.2) is 48.5 Å². The van der Waals surface area contributed by atoms with Crippen molar-refractivity contribution in [1.82, 2.24) is 5.32 Å². The fourth-order valence-electron chi connectivity index (χ4n) is 2.14. The molecule has 0 saturated heterocycles. The van der Waals surface area contributed by atoms with Crippen LogP contribution in [0.1, 0.15) is 35.7 Å². The van der Waals surface area contributed by atoms with Crippen LogP contribution in [-0.2, 0) is 4.79 Å². The molecule has 24 heavy (non-hydrogen) atoms. The minimum atomic E-state index is -0.254. The Morgan fingerprint density at radius 2 is 1.62 bits per heavy atom. The van der Waals surface area contributed by atoms with Gasteiger partial charge in [-0.25, -0.2) is 0 Å². The third-order valence-corrected chi connectivity index (χ3v) is 3.57. The molecule has 2 aromatic carbocycles. The molecule has 0 unspecified atom stereocenters. The average Bonchev–Trinajstić information content (AvgIpc) is 2.60. The summed E-state index contributed by atoms with van der Waals surface area (Å²) in [7, 11) is 1.57. The molecular weight excluding hydrogens is 304 g/mol. The van der Waals surface area contributed by atoms with Crippen molar-refractivity contribution in [3.05, 3.63) is 59.7 Å². The molecule has 0 atom stereocenters. The highest BCUT2D eigenvalue weighted by Gasteiger charge is 2.06. The standard InChI is InChI=1S/C19H22N2O3/c1-13(2)14-6-10-17(11-7-14)24-12-18(22)21-16-8-4-15(5-9-16)19(23)20-3/h4-11,13H,12H2,1-3H3,(H,20,23)(H,21,22). The molecule has 2 rings (SSSR count). The Bertz CT molecular complexity index is 692. The Kier molecular flexibility index (Phi) is 5.95. The van der Waals surface area contributed by atoms with E-state index < -0.39 is 0 Å². The highest BCUT2D eigenvalue weighted by atomic mass is 16.5. The molecule has 0 aliphatic carbocycles. The van der Waals surface area contributed by atoms with Crippen LogP contribution in [0.2, 0.25) is 0 Å². The van der Waals surface area contributed by atoms with Crippen molar-refractivity contribution in [1.29, 1.82) is 0 Å². The number of anilines is 1. The zero-order valence-corrected chi connectivity index (χ0v) is 14.1. The minimum absolute atomic E-state index is 0.0712. The second kappa shape index (κ2) is 8.15. The van der Waals surface area contributed by atoms with Gasteiger partial charge in [0.05, 0.1) is 0 Å². The van der Waals surface area contributed by atoms with Crippen LogP contribution in [0, 0.1) is 0 Å². The molecule has 0 radical (unpaired) electrons. The van der Waals surface area contributed by atoms with Gasteiger partial charge in [0.2, 0.25) is 0 Å². The first-order valence-corrected chi connectivity index (χ1v) is 7.84. The predicted molar refractivity (Wildman–Crippen MR) is 94.5 cm³/mol. The van der Waals surface area contributed by atoms with E-state index in [2.05, 4.69) is 24.5 Å². The van der Waals surface area contributed by atoms with Gasteiger partial charge in [0.15, 0.2) is 6.61 Å². The van der Waals surface area contributed by atoms with Crippen LogP contribution in [0.25, 0.3) is 0 Å². The van der Waals surface area contributed by atoms with E-state index in [0.29, 0.717) is 22.9 Å². The Morgan fingerprint density at radius 1 is 1.00 bits per heavy atom. The van der Waals surface area contributed by atoms with Crippen LogP contribution < -0.4 is 15.4 Å². The van der Waals surface area contributed by atoms with E-state index in [-0.39, 0.29) is 18.4 Å². The summed E-state index contributed by atoms with van der Waals surface area (Å²) < 4.78 is 5.48. The van der Waals surface area contributed by atoms with Crippen molar-refractivity contribution < 1.29 is 14.3 Å². The topological polar surface area (TPSA) is 67.4 Å². The molecule has 0 aromatic heterocycles. The lowest BCUT2D eigenvalue weighted by Gasteiger charge is -2.10. The smallest absolute Gasteiger partial charge is 0.262 e. The molecular formula is C19H22N2O3. The fourth-order valence-corrected chi connectivity index (χ4v) is 2.14. The number of ether oxygens (including phenoxy) is 1. The van der Waals surface area contributed by atoms with Crippen LogP contribution in [-0.4, -0.2) is 25.5 Å². The first kappa shape index (κ1) is 17.5. The van der Waals surface area contributed by atoms with Crippen molar-refractivity contribution in [2.75, 3.05) is 19.0 Å². The van der Waals surface area contributed by atoms with Gasteiger partial charge in [0, 0.05) is 18.3 Å². The average molecular weight is 326 g/mol. The van der Waals surface area contributed by atoms with Crippen molar-refractivity contribution in [2.24, 2.45) is 0 Å². The molecule has 0 bridgehead atoms. The van der Waals surface area contributed by atoms with Gasteiger partial charge in [-0.1, -0.05) is 26.0 Å². The van der Waals surface area contributed by atoms with Gasteiger partial charge >= 0.3 is 0 Å². The zero-order valence-electron chi connectivity index (χ0n) is 14.1. The van der Waals surface area contributed by atoms with Crippen molar-refractivity contribution in [2.45, 2.75) is 19.8 Å². The normalized spacial score (nSPS) is 10.3. The van der Waals surface area contributed by atoms with Gasteiger partial charge < -0.3 is 15.4 Å². The molecule has 126 valence electrons. The largest absolute Gasteiger partial charge is 0.484 e. The molecule has 2 N–H and O–H groups in total. The van der Waals surface area contributed by atoms with Crippen LogP contribution in [0.3, 0.4) is 0 Å². The number of hydrogen-bond donors (Lipinski definition) is 2. The first-order valence-electron chi connectivity index (χ1n) is 7.84. The molecule has 0 aliphatic heterocycles. The molecule has 2 aromatic rings. The third-order valence-electron chi connectivity index (χ3n) is 3.57. The van der Waals surface area contributed by atoms with E-state index in [0.717, 1.165) is 0 Å². The van der Waals surface area contributed by atoms with Crippen LogP contribution >= 0.6 is 0 Å². The summed E-state index contributed by atoms with van der Waals surface area (Å²) in [6, 6.07) is 14.4. The summed E-state index contributed by atoms with van der Waals surface area (Å²) in [5.41, 5.74) is 2.38. The first-order chi connectivity index (χ1) is 11.5. The van der Waals surface area contributed by atoms with E-state index >= 15 is 0 Å². The second-order valence-corrected chi connectivity index (χ2v) is 5.72. The van der Waals surface area contributed by atoms with Gasteiger partial charge in [0.1, 0.15) is 5.75 Å². The summed E-state index contributed by atoms with van der Waals surface area (Å²) in [4.78, 5) is 23.4. The summed E-state index contributed by atoms with van der Waals surface area (Å²) in [6.07, 6.45) is 0. The predicted octanol–water partition coefficient (Wildman–Crippen LogP) is 3.19. The number of carbonyl (C=O) groups is 2. The molecule has 2 amide bonds. The molecule has 0 saturated carbocycles. The van der Waals surface area contributed by atoms with Gasteiger partial charge in [-0.3, -0.25) is 9.59 Å². The van der Waals surface area contributed by atoms with Crippen LogP contribution in [0.5, 0.6) is 5.75 Å². The van der Waals surface area contributed by atoms with E-state index in [1.165, 1.54) is 5.56 Å². The molecule has 5 nitrogen and oxygen atoms in total. The highest BCUT2D eigenvalue weighted by molar-refractivity contribution is 5.95. The molecule has 5 heteroatoms. The minimum Gasteiger partial charge on any atom is -0.484 e. The van der Waals surface area contributed by atoms with E-state index in [9.17, 15) is 9.59 Å². The fraction of sp³-hybridized carbons (Fsp3) is 0.263. The maximum absolute atomic E-state index is 11.9. The molecule has 0 aliphatic rings. The van der Waals surface area contributed by atoms with Crippen molar-refractivity contribution in [3.8, 4) is 5.75 Å². The number of hydrogen-bond acceptors (Lipinski definition) is 3. The zero-order chi connectivity index (χ0) is 17.5. The van der Waals surface area contributed by atoms with Crippen molar-refractivity contribution in [3.63, 3.8) is 0 Å². The second-order valence-electron chi connectivity index (χ2n) is 5.72. The lowest BCUT2D eigenvalue weighted by atomic mass is 10.0. The number of nitrogens with one attached hydrogen (secondary N) is 2. The maximum atomic E-state index is 11.9. The number of carbonyl (C=O) groups excluding carboxylic acids is 2. The Morgan fingerprint density at radius 3 is 2.17 bits per heavy atom. The van der Waals surface area contributed by atoms with Gasteiger partial charge in [-0.05, 0) is 47.9 Å². The van der Waals surface area contributed by atoms with Gasteiger partial charge in [-0.15, -0.1) is 0 Å². The van der Waals surface area contributed by atoms with E-state index in [1.54, 1.807) is 31.3 Å². The maximum Gasteiger partial charge on any atom is 0.262 e. The Hall–Kier alpha value is -2.82. The Labute approximate surface area is 142 Å². The number of benzene rings is 2. The van der Waals surface area contributed by atoms with E-state index in [4.69, 9.17) is 4.74 Å². The molecule has 0 heterocycles. The third kappa shape index (κ3) is 4.84. The van der Waals surface area contributed by atoms with Crippen LogP contribution in [0.4, 0.5) is 5.69 Å². The molecule has 0 spiro atoms. The summed E-state index contributed by atoms with van der Waals surface area (Å²) in [5, 5.41) is 5.27. The van der Waals surface area contributed by atoms with Crippen molar-refractivity contribution >= 4 is 17.5 Å². The quantitative estimate of drug-likeness (QED) is 0.857. The van der Waals surface area contributed by atoms with E-state index in [1.807, 2.05) is 24.3 Å². The summed E-state index contributed by atoms with van der Waals surface area (Å²) in [5.74, 6) is 0.696. The Balaban J connectivity index is 1.85. The SMILES string of the molecule is CNC(=O)c1ccc(NC(=O)COc2ccc(C(C)C)cc2)cc1. The lowest BCUT2D eigenvalue weighted by molar-refractivity contribution is -0.118. The molecule has 0 fully saturated rings. The lowest BCUT2D eigenvalue weighted by Crippen LogP contribution is -2.20.